The molecule has 168 valence electrons. The molecule has 31 heavy (non-hydrogen) atoms. The topological polar surface area (TPSA) is 131 Å². The molecule has 0 aliphatic carbocycles. The maximum Gasteiger partial charge on any atom is 0.327 e. The third-order valence-corrected chi connectivity index (χ3v) is 7.21. The zero-order valence-electron chi connectivity index (χ0n) is 18.0. The number of Topliss-reactive ketones (excluding diaryl/α,β-unsaturated/α-hetero) is 1. The molecule has 10 nitrogen and oxygen atoms in total. The van der Waals surface area contributed by atoms with Crippen molar-refractivity contribution in [2.24, 2.45) is 0 Å². The number of hydrogen-bond acceptors (Lipinski definition) is 8. The molecular weight excluding hydrogens is 428 g/mol. The Morgan fingerprint density at radius 2 is 1.65 bits per heavy atom. The van der Waals surface area contributed by atoms with Gasteiger partial charge in [0.25, 0.3) is 11.8 Å². The summed E-state index contributed by atoms with van der Waals surface area (Å²) in [6.45, 7) is 4.58. The van der Waals surface area contributed by atoms with Gasteiger partial charge >= 0.3 is 5.97 Å². The number of nitrogens with zero attached hydrogens (tertiary/aromatic N) is 1. The number of benzene rings is 1. The van der Waals surface area contributed by atoms with Crippen LogP contribution >= 0.6 is 11.8 Å². The van der Waals surface area contributed by atoms with E-state index in [0.29, 0.717) is 0 Å². The lowest BCUT2D eigenvalue weighted by molar-refractivity contribution is -0.170. The summed E-state index contributed by atoms with van der Waals surface area (Å²) >= 11 is 1.17. The standard InChI is InChI=1S/C20H24N2O8S/c1-9(23)20(17(27)22-14(16(25)26)19(2,3)31-18(20)22)21-15(24)10-7-11(28-4)13(30-6)12(8-10)29-5/h7-8,14,18H,1-6H3,(H,21,24)(H,25,26)/t14-,18+,20-/m0/s1. The van der Waals surface area contributed by atoms with Gasteiger partial charge in [0, 0.05) is 10.3 Å². The molecule has 0 spiro atoms. The Labute approximate surface area is 183 Å². The van der Waals surface area contributed by atoms with E-state index in [9.17, 15) is 24.3 Å². The van der Waals surface area contributed by atoms with Crippen molar-refractivity contribution in [3.63, 3.8) is 0 Å². The summed E-state index contributed by atoms with van der Waals surface area (Å²) in [5, 5.41) is 11.3. The molecule has 2 amide bonds. The summed E-state index contributed by atoms with van der Waals surface area (Å²) in [5.74, 6) is -2.45. The van der Waals surface area contributed by atoms with E-state index in [1.54, 1.807) is 13.8 Å². The molecular formula is C20H24N2O8S. The van der Waals surface area contributed by atoms with E-state index in [1.165, 1.54) is 52.1 Å². The molecule has 3 rings (SSSR count). The number of ketones is 1. The van der Waals surface area contributed by atoms with Crippen LogP contribution in [0.5, 0.6) is 17.2 Å². The van der Waals surface area contributed by atoms with Crippen LogP contribution in [0.1, 0.15) is 31.1 Å². The summed E-state index contributed by atoms with van der Waals surface area (Å²) in [6, 6.07) is 1.69. The second-order valence-electron chi connectivity index (χ2n) is 7.76. The van der Waals surface area contributed by atoms with Gasteiger partial charge in [0.05, 0.1) is 21.3 Å². The largest absolute Gasteiger partial charge is 0.493 e. The quantitative estimate of drug-likeness (QED) is 0.458. The van der Waals surface area contributed by atoms with Crippen molar-refractivity contribution in [2.75, 3.05) is 21.3 Å². The number of fused-ring (bicyclic) bond motifs is 1. The van der Waals surface area contributed by atoms with Crippen LogP contribution < -0.4 is 19.5 Å². The molecule has 0 bridgehead atoms. The minimum absolute atomic E-state index is 0.0819. The van der Waals surface area contributed by atoms with E-state index in [0.717, 1.165) is 4.90 Å². The second-order valence-corrected chi connectivity index (χ2v) is 9.49. The van der Waals surface area contributed by atoms with Crippen molar-refractivity contribution in [1.82, 2.24) is 10.2 Å². The van der Waals surface area contributed by atoms with Crippen molar-refractivity contribution >= 4 is 35.3 Å². The van der Waals surface area contributed by atoms with Crippen molar-refractivity contribution in [3.05, 3.63) is 17.7 Å². The van der Waals surface area contributed by atoms with Gasteiger partial charge in [0.1, 0.15) is 11.4 Å². The van der Waals surface area contributed by atoms with Crippen LogP contribution in [0.15, 0.2) is 12.1 Å². The lowest BCUT2D eigenvalue weighted by Crippen LogP contribution is -2.82. The maximum atomic E-state index is 13.1. The number of ether oxygens (including phenoxy) is 3. The lowest BCUT2D eigenvalue weighted by Gasteiger charge is -2.51. The highest BCUT2D eigenvalue weighted by atomic mass is 32.2. The summed E-state index contributed by atoms with van der Waals surface area (Å²) in [4.78, 5) is 51.7. The van der Waals surface area contributed by atoms with Crippen LogP contribution in [0.4, 0.5) is 0 Å². The van der Waals surface area contributed by atoms with Gasteiger partial charge in [-0.25, -0.2) is 4.79 Å². The smallest absolute Gasteiger partial charge is 0.327 e. The van der Waals surface area contributed by atoms with Crippen LogP contribution in [0.3, 0.4) is 0 Å². The Hall–Kier alpha value is -2.95. The molecule has 2 heterocycles. The van der Waals surface area contributed by atoms with E-state index in [1.807, 2.05) is 0 Å². The average Bonchev–Trinajstić information content (AvgIpc) is 2.98. The fourth-order valence-corrected chi connectivity index (χ4v) is 5.80. The van der Waals surface area contributed by atoms with Crippen LogP contribution in [0, 0.1) is 0 Å². The van der Waals surface area contributed by atoms with Gasteiger partial charge in [-0.1, -0.05) is 0 Å². The zero-order valence-corrected chi connectivity index (χ0v) is 18.8. The molecule has 0 aromatic heterocycles. The first-order chi connectivity index (χ1) is 14.5. The van der Waals surface area contributed by atoms with Crippen LogP contribution in [-0.2, 0) is 14.4 Å². The van der Waals surface area contributed by atoms with Crippen LogP contribution in [-0.4, -0.2) is 76.6 Å². The fraction of sp³-hybridized carbons (Fsp3) is 0.500. The van der Waals surface area contributed by atoms with Gasteiger partial charge in [-0.05, 0) is 32.9 Å². The number of β-lactam (4-membered cyclic amide) rings is 1. The number of thioether (sulfide) groups is 1. The Morgan fingerprint density at radius 1 is 1.10 bits per heavy atom. The van der Waals surface area contributed by atoms with E-state index >= 15 is 0 Å². The normalized spacial score (nSPS) is 25.9. The van der Waals surface area contributed by atoms with E-state index < -0.39 is 45.3 Å². The van der Waals surface area contributed by atoms with Crippen molar-refractivity contribution in [1.29, 1.82) is 0 Å². The molecule has 2 saturated heterocycles. The highest BCUT2D eigenvalue weighted by Gasteiger charge is 2.74. The molecule has 11 heteroatoms. The van der Waals surface area contributed by atoms with Crippen molar-refractivity contribution in [3.8, 4) is 17.2 Å². The summed E-state index contributed by atoms with van der Waals surface area (Å²) in [5.41, 5.74) is -1.78. The van der Waals surface area contributed by atoms with E-state index in [2.05, 4.69) is 5.32 Å². The molecule has 2 N–H and O–H groups in total. The third-order valence-electron chi connectivity index (χ3n) is 5.57. The maximum absolute atomic E-state index is 13.1. The average molecular weight is 452 g/mol. The number of carboxylic acids is 1. The van der Waals surface area contributed by atoms with Gasteiger partial charge in [-0.15, -0.1) is 11.8 Å². The number of methoxy groups -OCH3 is 3. The predicted molar refractivity (Wildman–Crippen MR) is 111 cm³/mol. The first kappa shape index (κ1) is 22.7. The Morgan fingerprint density at radius 3 is 2.06 bits per heavy atom. The molecule has 0 saturated carbocycles. The molecule has 2 aliphatic rings. The lowest BCUT2D eigenvalue weighted by atomic mass is 9.81. The molecule has 2 aliphatic heterocycles. The molecule has 0 unspecified atom stereocenters. The Kier molecular flexibility index (Phi) is 5.59. The molecule has 0 radical (unpaired) electrons. The highest BCUT2D eigenvalue weighted by Crippen LogP contribution is 2.55. The fourth-order valence-electron chi connectivity index (χ4n) is 4.05. The summed E-state index contributed by atoms with van der Waals surface area (Å²) in [7, 11) is 4.21. The number of rotatable bonds is 7. The predicted octanol–water partition coefficient (Wildman–Crippen LogP) is 0.917. The van der Waals surface area contributed by atoms with E-state index in [-0.39, 0.29) is 22.8 Å². The van der Waals surface area contributed by atoms with Gasteiger partial charge < -0.3 is 29.5 Å². The van der Waals surface area contributed by atoms with Gasteiger partial charge in [0.2, 0.25) is 11.3 Å². The molecule has 2 fully saturated rings. The van der Waals surface area contributed by atoms with Crippen molar-refractivity contribution in [2.45, 2.75) is 42.5 Å². The van der Waals surface area contributed by atoms with E-state index in [4.69, 9.17) is 14.2 Å². The molecule has 3 atom stereocenters. The monoisotopic (exact) mass is 452 g/mol. The first-order valence-electron chi connectivity index (χ1n) is 9.33. The number of aliphatic carboxylic acids is 1. The summed E-state index contributed by atoms with van der Waals surface area (Å²) < 4.78 is 14.9. The van der Waals surface area contributed by atoms with Crippen LogP contribution in [0.2, 0.25) is 0 Å². The van der Waals surface area contributed by atoms with Gasteiger partial charge in [0.15, 0.2) is 17.3 Å². The number of carbonyl (C=O) groups excluding carboxylic acids is 3. The Bertz CT molecular complexity index is 953. The summed E-state index contributed by atoms with van der Waals surface area (Å²) in [6.07, 6.45) is 0. The van der Waals surface area contributed by atoms with Crippen molar-refractivity contribution < 1.29 is 38.5 Å². The third kappa shape index (κ3) is 3.18. The number of amides is 2. The zero-order chi connectivity index (χ0) is 23.3. The van der Waals surface area contributed by atoms with Crippen LogP contribution in [0.25, 0.3) is 0 Å². The Balaban J connectivity index is 1.99. The number of nitrogens with one attached hydrogen (secondary N) is 1. The molecule has 1 aromatic rings. The minimum Gasteiger partial charge on any atom is -0.493 e. The van der Waals surface area contributed by atoms with Gasteiger partial charge in [-0.3, -0.25) is 14.4 Å². The first-order valence-corrected chi connectivity index (χ1v) is 10.2. The minimum atomic E-state index is -1.86. The SMILES string of the molecule is COc1cc(C(=O)N[C@@]2(C(C)=O)C(=O)N3[C@@H](C(=O)O)C(C)(C)S[C@@H]32)cc(OC)c1OC. The second kappa shape index (κ2) is 7.63. The number of carbonyl (C=O) groups is 4. The molecule has 1 aromatic carbocycles. The highest BCUT2D eigenvalue weighted by molar-refractivity contribution is 8.01. The van der Waals surface area contributed by atoms with Gasteiger partial charge in [-0.2, -0.15) is 0 Å². The number of carboxylic acid groups (broad SMARTS) is 1. The number of hydrogen-bond donors (Lipinski definition) is 2.